The molecule has 1 N–H and O–H groups in total. The Morgan fingerprint density at radius 3 is 2.56 bits per heavy atom. The zero-order valence-electron chi connectivity index (χ0n) is 12.0. The van der Waals surface area contributed by atoms with E-state index in [4.69, 9.17) is 0 Å². The van der Waals surface area contributed by atoms with Crippen molar-refractivity contribution in [3.05, 3.63) is 0 Å². The van der Waals surface area contributed by atoms with Crippen molar-refractivity contribution in [1.82, 2.24) is 10.2 Å². The van der Waals surface area contributed by atoms with Crippen LogP contribution >= 0.6 is 0 Å². The standard InChI is InChI=1S/C15H28N2O/c1-3-5-6-14-15(18)17(11-16-14)13-9-7-12(4-2)8-10-13/h12-14,16H,3-11H2,1-2H3. The average molecular weight is 252 g/mol. The van der Waals surface area contributed by atoms with Crippen LogP contribution in [0.3, 0.4) is 0 Å². The molecule has 0 bridgehead atoms. The summed E-state index contributed by atoms with van der Waals surface area (Å²) in [5.41, 5.74) is 0. The fraction of sp³-hybridized carbons (Fsp3) is 0.933. The molecule has 0 aromatic rings. The summed E-state index contributed by atoms with van der Waals surface area (Å²) in [6, 6.07) is 0.619. The lowest BCUT2D eigenvalue weighted by molar-refractivity contribution is -0.131. The molecule has 1 aliphatic carbocycles. The predicted octanol–water partition coefficient (Wildman–Crippen LogP) is 2.90. The molecular formula is C15H28N2O. The van der Waals surface area contributed by atoms with Gasteiger partial charge in [-0.1, -0.05) is 33.1 Å². The second-order valence-electron chi connectivity index (χ2n) is 5.95. The highest BCUT2D eigenvalue weighted by atomic mass is 16.2. The Labute approximate surface area is 111 Å². The quantitative estimate of drug-likeness (QED) is 0.816. The van der Waals surface area contributed by atoms with Crippen molar-refractivity contribution < 1.29 is 4.79 Å². The third-order valence-electron chi connectivity index (χ3n) is 4.77. The van der Waals surface area contributed by atoms with E-state index in [1.807, 2.05) is 0 Å². The molecule has 1 atom stereocenters. The smallest absolute Gasteiger partial charge is 0.241 e. The van der Waals surface area contributed by atoms with E-state index in [9.17, 15) is 4.79 Å². The lowest BCUT2D eigenvalue weighted by atomic mass is 9.84. The van der Waals surface area contributed by atoms with Gasteiger partial charge in [-0.2, -0.15) is 0 Å². The van der Waals surface area contributed by atoms with Crippen LogP contribution in [0.5, 0.6) is 0 Å². The van der Waals surface area contributed by atoms with Crippen LogP contribution in [0, 0.1) is 5.92 Å². The van der Waals surface area contributed by atoms with Gasteiger partial charge < -0.3 is 4.90 Å². The minimum Gasteiger partial charge on any atom is -0.326 e. The molecule has 0 aromatic carbocycles. The summed E-state index contributed by atoms with van der Waals surface area (Å²) in [4.78, 5) is 14.4. The SMILES string of the molecule is CCCCC1NCN(C2CCC(CC)CC2)C1=O. The van der Waals surface area contributed by atoms with Gasteiger partial charge in [0, 0.05) is 6.04 Å². The second-order valence-corrected chi connectivity index (χ2v) is 5.95. The first kappa shape index (κ1) is 13.9. The Morgan fingerprint density at radius 2 is 1.94 bits per heavy atom. The van der Waals surface area contributed by atoms with Crippen LogP contribution in [0.15, 0.2) is 0 Å². The van der Waals surface area contributed by atoms with Crippen LogP contribution in [-0.4, -0.2) is 29.6 Å². The Hall–Kier alpha value is -0.570. The van der Waals surface area contributed by atoms with Crippen LogP contribution in [-0.2, 0) is 4.79 Å². The fourth-order valence-corrected chi connectivity index (χ4v) is 3.38. The highest BCUT2D eigenvalue weighted by Gasteiger charge is 2.36. The van der Waals surface area contributed by atoms with Gasteiger partial charge in [-0.05, 0) is 38.0 Å². The van der Waals surface area contributed by atoms with Crippen molar-refractivity contribution >= 4 is 5.91 Å². The van der Waals surface area contributed by atoms with E-state index < -0.39 is 0 Å². The lowest BCUT2D eigenvalue weighted by Gasteiger charge is -2.34. The maximum Gasteiger partial charge on any atom is 0.241 e. The molecule has 3 nitrogen and oxygen atoms in total. The molecule has 1 saturated carbocycles. The maximum absolute atomic E-state index is 12.3. The molecule has 2 rings (SSSR count). The van der Waals surface area contributed by atoms with Gasteiger partial charge in [-0.25, -0.2) is 0 Å². The summed E-state index contributed by atoms with van der Waals surface area (Å²) in [5.74, 6) is 1.27. The number of hydrogen-bond donors (Lipinski definition) is 1. The van der Waals surface area contributed by atoms with Crippen molar-refractivity contribution in [2.45, 2.75) is 77.3 Å². The number of unbranched alkanes of at least 4 members (excludes halogenated alkanes) is 1. The van der Waals surface area contributed by atoms with Gasteiger partial charge in [0.15, 0.2) is 0 Å². The normalized spacial score (nSPS) is 33.1. The Morgan fingerprint density at radius 1 is 1.22 bits per heavy atom. The highest BCUT2D eigenvalue weighted by molar-refractivity contribution is 5.84. The maximum atomic E-state index is 12.3. The number of amides is 1. The highest BCUT2D eigenvalue weighted by Crippen LogP contribution is 2.30. The molecule has 2 aliphatic rings. The number of rotatable bonds is 5. The van der Waals surface area contributed by atoms with Crippen molar-refractivity contribution in [2.75, 3.05) is 6.67 Å². The molecule has 1 heterocycles. The van der Waals surface area contributed by atoms with E-state index in [0.29, 0.717) is 11.9 Å². The predicted molar refractivity (Wildman–Crippen MR) is 74.2 cm³/mol. The van der Waals surface area contributed by atoms with Gasteiger partial charge in [0.05, 0.1) is 12.7 Å². The first-order chi connectivity index (χ1) is 8.76. The molecule has 1 amide bonds. The van der Waals surface area contributed by atoms with Gasteiger partial charge in [0.1, 0.15) is 0 Å². The fourth-order valence-electron chi connectivity index (χ4n) is 3.38. The van der Waals surface area contributed by atoms with Crippen molar-refractivity contribution in [1.29, 1.82) is 0 Å². The molecule has 0 spiro atoms. The summed E-state index contributed by atoms with van der Waals surface area (Å²) in [6.45, 7) is 5.26. The number of hydrogen-bond acceptors (Lipinski definition) is 2. The van der Waals surface area contributed by atoms with E-state index in [0.717, 1.165) is 25.4 Å². The van der Waals surface area contributed by atoms with E-state index in [2.05, 4.69) is 24.1 Å². The minimum absolute atomic E-state index is 0.105. The molecule has 104 valence electrons. The summed E-state index contributed by atoms with van der Waals surface area (Å²) in [6.07, 6.45) is 9.69. The average Bonchev–Trinajstić information content (AvgIpc) is 2.78. The summed E-state index contributed by atoms with van der Waals surface area (Å²) in [5, 5.41) is 3.39. The van der Waals surface area contributed by atoms with Crippen molar-refractivity contribution in [3.8, 4) is 0 Å². The molecular weight excluding hydrogens is 224 g/mol. The first-order valence-corrected chi connectivity index (χ1v) is 7.80. The first-order valence-electron chi connectivity index (χ1n) is 7.80. The zero-order chi connectivity index (χ0) is 13.0. The van der Waals surface area contributed by atoms with Gasteiger partial charge in [0.25, 0.3) is 0 Å². The molecule has 2 fully saturated rings. The summed E-state index contributed by atoms with van der Waals surface area (Å²) >= 11 is 0. The van der Waals surface area contributed by atoms with Crippen LogP contribution in [0.1, 0.15) is 65.2 Å². The molecule has 0 radical (unpaired) electrons. The van der Waals surface area contributed by atoms with Crippen LogP contribution in [0.4, 0.5) is 0 Å². The molecule has 1 aliphatic heterocycles. The largest absolute Gasteiger partial charge is 0.326 e. The van der Waals surface area contributed by atoms with Crippen LogP contribution < -0.4 is 5.32 Å². The number of carbonyl (C=O) groups excluding carboxylic acids is 1. The van der Waals surface area contributed by atoms with E-state index >= 15 is 0 Å². The van der Waals surface area contributed by atoms with Crippen molar-refractivity contribution in [3.63, 3.8) is 0 Å². The number of carbonyl (C=O) groups is 1. The second kappa shape index (κ2) is 6.55. The molecule has 1 unspecified atom stereocenters. The topological polar surface area (TPSA) is 32.3 Å². The Kier molecular flexibility index (Phi) is 5.04. The zero-order valence-corrected chi connectivity index (χ0v) is 12.0. The Bertz CT molecular complexity index is 272. The van der Waals surface area contributed by atoms with Gasteiger partial charge in [-0.15, -0.1) is 0 Å². The monoisotopic (exact) mass is 252 g/mol. The summed E-state index contributed by atoms with van der Waals surface area (Å²) in [7, 11) is 0. The van der Waals surface area contributed by atoms with Crippen LogP contribution in [0.25, 0.3) is 0 Å². The lowest BCUT2D eigenvalue weighted by Crippen LogP contribution is -2.40. The Balaban J connectivity index is 1.82. The van der Waals surface area contributed by atoms with Crippen LogP contribution in [0.2, 0.25) is 0 Å². The third kappa shape index (κ3) is 3.05. The number of nitrogens with zero attached hydrogens (tertiary/aromatic N) is 1. The summed E-state index contributed by atoms with van der Waals surface area (Å²) < 4.78 is 0. The molecule has 1 saturated heterocycles. The minimum atomic E-state index is 0.105. The number of nitrogens with one attached hydrogen (secondary N) is 1. The molecule has 18 heavy (non-hydrogen) atoms. The van der Waals surface area contributed by atoms with E-state index in [1.54, 1.807) is 0 Å². The third-order valence-corrected chi connectivity index (χ3v) is 4.77. The van der Waals surface area contributed by atoms with Gasteiger partial charge in [-0.3, -0.25) is 10.1 Å². The van der Waals surface area contributed by atoms with E-state index in [-0.39, 0.29) is 6.04 Å². The molecule has 3 heteroatoms. The van der Waals surface area contributed by atoms with Crippen molar-refractivity contribution in [2.24, 2.45) is 5.92 Å². The van der Waals surface area contributed by atoms with Gasteiger partial charge in [0.2, 0.25) is 5.91 Å². The van der Waals surface area contributed by atoms with Gasteiger partial charge >= 0.3 is 0 Å². The van der Waals surface area contributed by atoms with E-state index in [1.165, 1.54) is 38.5 Å². The molecule has 0 aromatic heterocycles.